The van der Waals surface area contributed by atoms with Crippen molar-refractivity contribution in [1.82, 2.24) is 10.3 Å². The van der Waals surface area contributed by atoms with Crippen molar-refractivity contribution in [3.63, 3.8) is 0 Å². The lowest BCUT2D eigenvalue weighted by atomic mass is 10.3. The number of carbonyl (C=O) groups excluding carboxylic acids is 1. The molecule has 1 rings (SSSR count). The molecule has 0 fully saturated rings. The van der Waals surface area contributed by atoms with Gasteiger partial charge in [0.1, 0.15) is 11.6 Å². The molecule has 0 saturated heterocycles. The predicted molar refractivity (Wildman–Crippen MR) is 77.0 cm³/mol. The number of likely N-dealkylation sites (N-methyl/N-ethyl adjacent to an activating group) is 2. The van der Waals surface area contributed by atoms with E-state index in [-0.39, 0.29) is 18.1 Å². The van der Waals surface area contributed by atoms with E-state index < -0.39 is 4.92 Å². The number of carbonyl (C=O) groups is 1. The molecule has 2 N–H and O–H groups in total. The number of pyridine rings is 1. The van der Waals surface area contributed by atoms with E-state index in [1.807, 2.05) is 6.92 Å². The molecule has 0 bridgehead atoms. The molecule has 0 aliphatic rings. The minimum Gasteiger partial charge on any atom is -0.370 e. The van der Waals surface area contributed by atoms with E-state index in [4.69, 9.17) is 0 Å². The molecular formula is C12H19N5O3. The highest BCUT2D eigenvalue weighted by Gasteiger charge is 2.15. The van der Waals surface area contributed by atoms with Gasteiger partial charge in [0.15, 0.2) is 0 Å². The SMILES string of the molecule is CCCNc1cc([N+](=O)[O-])cc(N(C)CC(=O)NC)n1. The minimum atomic E-state index is -0.476. The summed E-state index contributed by atoms with van der Waals surface area (Å²) in [5.41, 5.74) is -0.0580. The number of anilines is 2. The van der Waals surface area contributed by atoms with Crippen LogP contribution in [0.4, 0.5) is 17.3 Å². The monoisotopic (exact) mass is 281 g/mol. The number of nitrogens with one attached hydrogen (secondary N) is 2. The Morgan fingerprint density at radius 2 is 2.20 bits per heavy atom. The Hall–Kier alpha value is -2.38. The zero-order valence-electron chi connectivity index (χ0n) is 11.8. The number of nitro groups is 1. The third-order valence-corrected chi connectivity index (χ3v) is 2.61. The summed E-state index contributed by atoms with van der Waals surface area (Å²) in [6.07, 6.45) is 0.883. The molecule has 0 unspecified atom stereocenters. The molecule has 8 heteroatoms. The third-order valence-electron chi connectivity index (χ3n) is 2.61. The summed E-state index contributed by atoms with van der Waals surface area (Å²) >= 11 is 0. The second-order valence-corrected chi connectivity index (χ2v) is 4.28. The van der Waals surface area contributed by atoms with Crippen LogP contribution >= 0.6 is 0 Å². The van der Waals surface area contributed by atoms with E-state index in [9.17, 15) is 14.9 Å². The fourth-order valence-corrected chi connectivity index (χ4v) is 1.52. The Labute approximate surface area is 117 Å². The maximum Gasteiger partial charge on any atom is 0.276 e. The predicted octanol–water partition coefficient (Wildman–Crippen LogP) is 0.994. The van der Waals surface area contributed by atoms with Crippen LogP contribution in [0.1, 0.15) is 13.3 Å². The first-order valence-electron chi connectivity index (χ1n) is 6.30. The molecule has 0 saturated carbocycles. The first-order valence-corrected chi connectivity index (χ1v) is 6.30. The summed E-state index contributed by atoms with van der Waals surface area (Å²) in [6.45, 7) is 2.74. The molecule has 110 valence electrons. The second kappa shape index (κ2) is 7.27. The van der Waals surface area contributed by atoms with Crippen LogP contribution in [0.2, 0.25) is 0 Å². The van der Waals surface area contributed by atoms with Gasteiger partial charge < -0.3 is 15.5 Å². The Kier molecular flexibility index (Phi) is 5.70. The first kappa shape index (κ1) is 15.7. The van der Waals surface area contributed by atoms with Crippen LogP contribution in [0.25, 0.3) is 0 Å². The summed E-state index contributed by atoms with van der Waals surface area (Å²) < 4.78 is 0. The van der Waals surface area contributed by atoms with Gasteiger partial charge in [0.25, 0.3) is 5.69 Å². The van der Waals surface area contributed by atoms with Crippen molar-refractivity contribution in [3.8, 4) is 0 Å². The summed E-state index contributed by atoms with van der Waals surface area (Å²) in [4.78, 5) is 27.6. The largest absolute Gasteiger partial charge is 0.370 e. The fourth-order valence-electron chi connectivity index (χ4n) is 1.52. The summed E-state index contributed by atoms with van der Waals surface area (Å²) in [6, 6.07) is 2.73. The van der Waals surface area contributed by atoms with Gasteiger partial charge in [-0.2, -0.15) is 0 Å². The topological polar surface area (TPSA) is 100 Å². The number of aromatic nitrogens is 1. The Morgan fingerprint density at radius 3 is 2.75 bits per heavy atom. The number of amides is 1. The van der Waals surface area contributed by atoms with Crippen LogP contribution in [0, 0.1) is 10.1 Å². The molecule has 1 amide bonds. The van der Waals surface area contributed by atoms with Gasteiger partial charge in [-0.1, -0.05) is 6.92 Å². The molecule has 0 aliphatic carbocycles. The summed E-state index contributed by atoms with van der Waals surface area (Å²) in [5.74, 6) is 0.616. The second-order valence-electron chi connectivity index (χ2n) is 4.28. The number of hydrogen-bond acceptors (Lipinski definition) is 6. The molecule has 1 aromatic rings. The smallest absolute Gasteiger partial charge is 0.276 e. The van der Waals surface area contributed by atoms with Gasteiger partial charge in [0.05, 0.1) is 23.6 Å². The number of rotatable bonds is 7. The summed E-state index contributed by atoms with van der Waals surface area (Å²) in [7, 11) is 3.19. The molecular weight excluding hydrogens is 262 g/mol. The van der Waals surface area contributed by atoms with Crippen molar-refractivity contribution in [2.24, 2.45) is 0 Å². The van der Waals surface area contributed by atoms with Crippen molar-refractivity contribution in [2.75, 3.05) is 37.4 Å². The van der Waals surface area contributed by atoms with Crippen LogP contribution in [0.3, 0.4) is 0 Å². The van der Waals surface area contributed by atoms with Crippen molar-refractivity contribution in [3.05, 3.63) is 22.2 Å². The third kappa shape index (κ3) is 4.38. The molecule has 0 aromatic carbocycles. The maximum absolute atomic E-state index is 11.3. The quantitative estimate of drug-likeness (QED) is 0.571. The highest BCUT2D eigenvalue weighted by Crippen LogP contribution is 2.22. The molecule has 1 aromatic heterocycles. The minimum absolute atomic E-state index is 0.0580. The lowest BCUT2D eigenvalue weighted by Crippen LogP contribution is -2.33. The standard InChI is InChI=1S/C12H19N5O3/c1-4-5-14-10-6-9(17(19)20)7-11(15-10)16(3)8-12(18)13-2/h6-7H,4-5,8H2,1-3H3,(H,13,18)(H,14,15). The molecule has 0 aliphatic heterocycles. The Bertz CT molecular complexity index is 492. The van der Waals surface area contributed by atoms with Crippen LogP contribution in [0.15, 0.2) is 12.1 Å². The lowest BCUT2D eigenvalue weighted by molar-refractivity contribution is -0.384. The number of hydrogen-bond donors (Lipinski definition) is 2. The van der Waals surface area contributed by atoms with Gasteiger partial charge in [-0.3, -0.25) is 14.9 Å². The molecule has 0 spiro atoms. The van der Waals surface area contributed by atoms with E-state index in [2.05, 4.69) is 15.6 Å². The van der Waals surface area contributed by atoms with Crippen molar-refractivity contribution < 1.29 is 9.72 Å². The van der Waals surface area contributed by atoms with E-state index in [0.29, 0.717) is 18.2 Å². The Balaban J connectivity index is 3.01. The van der Waals surface area contributed by atoms with Crippen molar-refractivity contribution >= 4 is 23.2 Å². The van der Waals surface area contributed by atoms with Crippen molar-refractivity contribution in [1.29, 1.82) is 0 Å². The van der Waals surface area contributed by atoms with Gasteiger partial charge in [-0.05, 0) is 6.42 Å². The first-order chi connectivity index (χ1) is 9.47. The average Bonchev–Trinajstić information content (AvgIpc) is 2.44. The van der Waals surface area contributed by atoms with Gasteiger partial charge in [0, 0.05) is 20.6 Å². The summed E-state index contributed by atoms with van der Waals surface area (Å²) in [5, 5.41) is 16.4. The zero-order valence-corrected chi connectivity index (χ0v) is 11.8. The maximum atomic E-state index is 11.3. The zero-order chi connectivity index (χ0) is 15.1. The van der Waals surface area contributed by atoms with E-state index >= 15 is 0 Å². The van der Waals surface area contributed by atoms with E-state index in [0.717, 1.165) is 6.42 Å². The van der Waals surface area contributed by atoms with Gasteiger partial charge >= 0.3 is 0 Å². The van der Waals surface area contributed by atoms with Crippen molar-refractivity contribution in [2.45, 2.75) is 13.3 Å². The van der Waals surface area contributed by atoms with Crippen LogP contribution in [-0.2, 0) is 4.79 Å². The normalized spacial score (nSPS) is 9.95. The van der Waals surface area contributed by atoms with Gasteiger partial charge in [0.2, 0.25) is 5.91 Å². The van der Waals surface area contributed by atoms with Gasteiger partial charge in [-0.15, -0.1) is 0 Å². The molecule has 0 atom stereocenters. The molecule has 8 nitrogen and oxygen atoms in total. The Morgan fingerprint density at radius 1 is 1.50 bits per heavy atom. The number of nitrogens with zero attached hydrogens (tertiary/aromatic N) is 3. The molecule has 0 radical (unpaired) electrons. The molecule has 1 heterocycles. The van der Waals surface area contributed by atoms with E-state index in [1.54, 1.807) is 11.9 Å². The van der Waals surface area contributed by atoms with Crippen LogP contribution in [-0.4, -0.2) is 43.0 Å². The lowest BCUT2D eigenvalue weighted by Gasteiger charge is -2.17. The van der Waals surface area contributed by atoms with Gasteiger partial charge in [-0.25, -0.2) is 4.98 Å². The average molecular weight is 281 g/mol. The highest BCUT2D eigenvalue weighted by molar-refractivity contribution is 5.80. The van der Waals surface area contributed by atoms with Crippen LogP contribution < -0.4 is 15.5 Å². The van der Waals surface area contributed by atoms with E-state index in [1.165, 1.54) is 19.2 Å². The fraction of sp³-hybridized carbons (Fsp3) is 0.500. The molecule has 20 heavy (non-hydrogen) atoms. The highest BCUT2D eigenvalue weighted by atomic mass is 16.6. The van der Waals surface area contributed by atoms with Crippen LogP contribution in [0.5, 0.6) is 0 Å².